The summed E-state index contributed by atoms with van der Waals surface area (Å²) in [5, 5.41) is 0. The van der Waals surface area contributed by atoms with E-state index in [-0.39, 0.29) is 17.8 Å². The Morgan fingerprint density at radius 3 is 2.66 bits per heavy atom. The molecule has 0 bridgehead atoms. The highest BCUT2D eigenvalue weighted by molar-refractivity contribution is 5.91. The zero-order valence-corrected chi connectivity index (χ0v) is 20.4. The van der Waals surface area contributed by atoms with Crippen LogP contribution in [0.3, 0.4) is 0 Å². The molecule has 0 unspecified atom stereocenters. The summed E-state index contributed by atoms with van der Waals surface area (Å²) in [5.74, 6) is 1.35. The fourth-order valence-electron chi connectivity index (χ4n) is 4.99. The number of esters is 1. The molecule has 3 aromatic heterocycles. The maximum absolute atomic E-state index is 12.9. The van der Waals surface area contributed by atoms with Crippen LogP contribution in [0.2, 0.25) is 0 Å². The number of aromatic nitrogens is 4. The molecular formula is C26H32N6O3. The fourth-order valence-corrected chi connectivity index (χ4v) is 4.99. The van der Waals surface area contributed by atoms with Gasteiger partial charge in [-0.15, -0.1) is 0 Å². The summed E-state index contributed by atoms with van der Waals surface area (Å²) in [4.78, 5) is 46.9. The number of hydrogen-bond acceptors (Lipinski definition) is 7. The number of pyridine rings is 2. The van der Waals surface area contributed by atoms with Gasteiger partial charge in [0.05, 0.1) is 18.1 Å². The summed E-state index contributed by atoms with van der Waals surface area (Å²) >= 11 is 0. The highest BCUT2D eigenvalue weighted by Crippen LogP contribution is 2.27. The summed E-state index contributed by atoms with van der Waals surface area (Å²) in [6.45, 7) is 7.45. The van der Waals surface area contributed by atoms with Crippen LogP contribution in [0.4, 0.5) is 5.82 Å². The Hall–Kier alpha value is -3.49. The van der Waals surface area contributed by atoms with Gasteiger partial charge in [0.15, 0.2) is 11.5 Å². The lowest BCUT2D eigenvalue weighted by Gasteiger charge is -2.34. The van der Waals surface area contributed by atoms with Gasteiger partial charge in [0.1, 0.15) is 17.0 Å². The number of H-pyrrole nitrogens is 1. The van der Waals surface area contributed by atoms with Crippen molar-refractivity contribution in [2.45, 2.75) is 46.0 Å². The van der Waals surface area contributed by atoms with E-state index in [9.17, 15) is 9.59 Å². The van der Waals surface area contributed by atoms with Gasteiger partial charge in [0.25, 0.3) is 0 Å². The number of aromatic amines is 1. The van der Waals surface area contributed by atoms with Gasteiger partial charge in [-0.3, -0.25) is 4.79 Å². The highest BCUT2D eigenvalue weighted by atomic mass is 16.5. The van der Waals surface area contributed by atoms with E-state index in [1.807, 2.05) is 24.0 Å². The first-order chi connectivity index (χ1) is 17.1. The van der Waals surface area contributed by atoms with Gasteiger partial charge in [-0.05, 0) is 63.3 Å². The Morgan fingerprint density at radius 1 is 1.06 bits per heavy atom. The molecule has 3 aromatic rings. The molecule has 184 valence electrons. The van der Waals surface area contributed by atoms with Crippen LogP contribution in [0.1, 0.15) is 55.6 Å². The fraction of sp³-hybridized carbons (Fsp3) is 0.500. The number of fused-ring (bicyclic) bond motifs is 1. The van der Waals surface area contributed by atoms with Gasteiger partial charge < -0.3 is 19.5 Å². The van der Waals surface area contributed by atoms with Gasteiger partial charge in [0.2, 0.25) is 5.91 Å². The number of nitrogens with one attached hydrogen (secondary N) is 1. The molecule has 5 rings (SSSR count). The molecule has 0 aromatic carbocycles. The number of hydrogen-bond donors (Lipinski definition) is 1. The molecule has 0 radical (unpaired) electrons. The smallest absolute Gasteiger partial charge is 0.338 e. The number of anilines is 1. The van der Waals surface area contributed by atoms with E-state index in [0.717, 1.165) is 62.3 Å². The van der Waals surface area contributed by atoms with Crippen LogP contribution in [0.5, 0.6) is 0 Å². The topological polar surface area (TPSA) is 104 Å². The van der Waals surface area contributed by atoms with E-state index in [1.165, 1.54) is 0 Å². The quantitative estimate of drug-likeness (QED) is 0.542. The average Bonchev–Trinajstić information content (AvgIpc) is 3.58. The zero-order valence-electron chi connectivity index (χ0n) is 20.4. The first-order valence-corrected chi connectivity index (χ1v) is 12.6. The number of ether oxygens (including phenoxy) is 1. The van der Waals surface area contributed by atoms with Crippen molar-refractivity contribution in [3.05, 3.63) is 35.5 Å². The third-order valence-electron chi connectivity index (χ3n) is 6.84. The SMILES string of the molecule is CCOC(=O)c1cc(CC)nc(-c2nc3ccc(N4CCC[C@@H](C(=O)N5CCCC5)C4)nc3[nH]2)c1. The molecule has 2 fully saturated rings. The molecule has 0 saturated carbocycles. The average molecular weight is 477 g/mol. The molecule has 0 aliphatic carbocycles. The minimum atomic E-state index is -0.370. The van der Waals surface area contributed by atoms with Crippen molar-refractivity contribution in [3.8, 4) is 11.5 Å². The van der Waals surface area contributed by atoms with Crippen LogP contribution >= 0.6 is 0 Å². The van der Waals surface area contributed by atoms with E-state index >= 15 is 0 Å². The van der Waals surface area contributed by atoms with Gasteiger partial charge in [-0.1, -0.05) is 6.92 Å². The number of carbonyl (C=O) groups excluding carboxylic acids is 2. The summed E-state index contributed by atoms with van der Waals surface area (Å²) in [7, 11) is 0. The van der Waals surface area contributed by atoms with Crippen LogP contribution in [-0.4, -0.2) is 69.5 Å². The third-order valence-corrected chi connectivity index (χ3v) is 6.84. The van der Waals surface area contributed by atoms with E-state index in [0.29, 0.717) is 42.3 Å². The van der Waals surface area contributed by atoms with E-state index in [1.54, 1.807) is 19.1 Å². The van der Waals surface area contributed by atoms with Gasteiger partial charge in [0, 0.05) is 31.9 Å². The molecule has 2 aliphatic heterocycles. The minimum absolute atomic E-state index is 0.0268. The van der Waals surface area contributed by atoms with Crippen molar-refractivity contribution >= 4 is 28.9 Å². The molecule has 1 atom stereocenters. The molecular weight excluding hydrogens is 444 g/mol. The molecule has 2 aliphatic rings. The third kappa shape index (κ3) is 4.85. The maximum atomic E-state index is 12.9. The molecule has 1 N–H and O–H groups in total. The lowest BCUT2D eigenvalue weighted by molar-refractivity contribution is -0.134. The molecule has 5 heterocycles. The van der Waals surface area contributed by atoms with Crippen molar-refractivity contribution in [2.75, 3.05) is 37.7 Å². The van der Waals surface area contributed by atoms with Crippen molar-refractivity contribution < 1.29 is 14.3 Å². The van der Waals surface area contributed by atoms with Crippen LogP contribution in [0.15, 0.2) is 24.3 Å². The number of piperidine rings is 1. The normalized spacial score (nSPS) is 18.3. The molecule has 1 amide bonds. The Balaban J connectivity index is 1.39. The number of likely N-dealkylation sites (tertiary alicyclic amines) is 1. The zero-order chi connectivity index (χ0) is 24.4. The van der Waals surface area contributed by atoms with Crippen molar-refractivity contribution in [3.63, 3.8) is 0 Å². The Bertz CT molecular complexity index is 1230. The first-order valence-electron chi connectivity index (χ1n) is 12.6. The van der Waals surface area contributed by atoms with Crippen LogP contribution in [-0.2, 0) is 16.0 Å². The predicted molar refractivity (Wildman–Crippen MR) is 133 cm³/mol. The predicted octanol–water partition coefficient (Wildman–Crippen LogP) is 3.60. The van der Waals surface area contributed by atoms with Gasteiger partial charge in [-0.2, -0.15) is 0 Å². The minimum Gasteiger partial charge on any atom is -0.462 e. The molecule has 35 heavy (non-hydrogen) atoms. The monoisotopic (exact) mass is 476 g/mol. The standard InChI is InChI=1S/C26H32N6O3/c1-3-19-14-18(26(34)35-4-2)15-21(27-19)24-28-20-9-10-22(29-23(20)30-24)32-13-7-8-17(16-32)25(33)31-11-5-6-12-31/h9-10,14-15,17H,3-8,11-13,16H2,1-2H3,(H,28,29,30)/t17-/m1/s1. The second-order valence-electron chi connectivity index (χ2n) is 9.25. The molecule has 0 spiro atoms. The first kappa shape index (κ1) is 23.3. The van der Waals surface area contributed by atoms with Gasteiger partial charge >= 0.3 is 5.97 Å². The maximum Gasteiger partial charge on any atom is 0.338 e. The van der Waals surface area contributed by atoms with E-state index < -0.39 is 0 Å². The second-order valence-corrected chi connectivity index (χ2v) is 9.25. The molecule has 9 nitrogen and oxygen atoms in total. The highest BCUT2D eigenvalue weighted by Gasteiger charge is 2.31. The van der Waals surface area contributed by atoms with Crippen molar-refractivity contribution in [1.29, 1.82) is 0 Å². The van der Waals surface area contributed by atoms with Crippen LogP contribution in [0.25, 0.3) is 22.7 Å². The van der Waals surface area contributed by atoms with Crippen molar-refractivity contribution in [2.24, 2.45) is 5.92 Å². The van der Waals surface area contributed by atoms with Crippen molar-refractivity contribution in [1.82, 2.24) is 24.8 Å². The lowest BCUT2D eigenvalue weighted by atomic mass is 9.96. The number of nitrogens with zero attached hydrogens (tertiary/aromatic N) is 5. The second kappa shape index (κ2) is 10.0. The number of rotatable bonds is 6. The van der Waals surface area contributed by atoms with Gasteiger partial charge in [-0.25, -0.2) is 19.7 Å². The number of amides is 1. The lowest BCUT2D eigenvalue weighted by Crippen LogP contribution is -2.44. The van der Waals surface area contributed by atoms with Crippen LogP contribution < -0.4 is 4.90 Å². The molecule has 2 saturated heterocycles. The number of carbonyl (C=O) groups is 2. The Morgan fingerprint density at radius 2 is 1.89 bits per heavy atom. The van der Waals surface area contributed by atoms with E-state index in [4.69, 9.17) is 9.72 Å². The number of aryl methyl sites for hydroxylation is 1. The number of imidazole rings is 1. The molecule has 9 heteroatoms. The Kier molecular flexibility index (Phi) is 6.66. The summed E-state index contributed by atoms with van der Waals surface area (Å²) < 4.78 is 5.18. The van der Waals surface area contributed by atoms with Crippen LogP contribution in [0, 0.1) is 5.92 Å². The Labute approximate surface area is 204 Å². The summed E-state index contributed by atoms with van der Waals surface area (Å²) in [5.41, 5.74) is 3.23. The summed E-state index contributed by atoms with van der Waals surface area (Å²) in [6, 6.07) is 7.38. The van der Waals surface area contributed by atoms with E-state index in [2.05, 4.69) is 19.9 Å². The largest absolute Gasteiger partial charge is 0.462 e. The summed E-state index contributed by atoms with van der Waals surface area (Å²) in [6.07, 6.45) is 4.82.